The number of allylic oxidation sites excluding steroid dienone is 1. The Balaban J connectivity index is 1.50. The van der Waals surface area contributed by atoms with Gasteiger partial charge in [0.25, 0.3) is 0 Å². The van der Waals surface area contributed by atoms with Gasteiger partial charge in [0.1, 0.15) is 12.4 Å². The van der Waals surface area contributed by atoms with Crippen molar-refractivity contribution in [3.63, 3.8) is 0 Å². The van der Waals surface area contributed by atoms with Gasteiger partial charge in [0.05, 0.1) is 11.0 Å². The Kier molecular flexibility index (Phi) is 5.57. The fourth-order valence-electron chi connectivity index (χ4n) is 2.97. The number of piperidine rings is 1. The summed E-state index contributed by atoms with van der Waals surface area (Å²) in [4.78, 5) is 2.37. The van der Waals surface area contributed by atoms with Crippen LogP contribution in [0.25, 0.3) is 0 Å². The van der Waals surface area contributed by atoms with Crippen LogP contribution in [0.1, 0.15) is 18.4 Å². The van der Waals surface area contributed by atoms with E-state index in [0.717, 1.165) is 35.8 Å². The van der Waals surface area contributed by atoms with Crippen LogP contribution in [0.5, 0.6) is 0 Å². The molecule has 1 aromatic rings. The second-order valence-electron chi connectivity index (χ2n) is 6.00. The lowest BCUT2D eigenvalue weighted by Gasteiger charge is -2.31. The van der Waals surface area contributed by atoms with Gasteiger partial charge in [0.2, 0.25) is 0 Å². The van der Waals surface area contributed by atoms with E-state index in [1.165, 1.54) is 24.9 Å². The maximum absolute atomic E-state index is 5.93. The van der Waals surface area contributed by atoms with Crippen LogP contribution in [0.3, 0.4) is 0 Å². The molecule has 0 amide bonds. The number of hydrogen-bond acceptors (Lipinski definition) is 3. The summed E-state index contributed by atoms with van der Waals surface area (Å²) in [5.74, 6) is 1.70. The molecule has 1 aromatic carbocycles. The summed E-state index contributed by atoms with van der Waals surface area (Å²) >= 11 is 3.68. The fraction of sp³-hybridized carbons (Fsp3) is 0.444. The number of nitrogens with one attached hydrogen (secondary N) is 1. The summed E-state index contributed by atoms with van der Waals surface area (Å²) in [5, 5.41) is 3.48. The van der Waals surface area contributed by atoms with E-state index < -0.39 is 0 Å². The zero-order chi connectivity index (χ0) is 15.2. The SMILES string of the molecule is BrC1=C(OCc2ccccc2)C=CN(CC2CCCNC2)C1. The van der Waals surface area contributed by atoms with Crippen molar-refractivity contribution in [2.75, 3.05) is 26.2 Å². The van der Waals surface area contributed by atoms with Gasteiger partial charge < -0.3 is 15.0 Å². The van der Waals surface area contributed by atoms with E-state index in [4.69, 9.17) is 4.74 Å². The van der Waals surface area contributed by atoms with Gasteiger partial charge in [0.15, 0.2) is 0 Å². The van der Waals surface area contributed by atoms with Gasteiger partial charge in [-0.15, -0.1) is 0 Å². The van der Waals surface area contributed by atoms with Crippen molar-refractivity contribution in [2.24, 2.45) is 5.92 Å². The number of halogens is 1. The molecule has 1 N–H and O–H groups in total. The quantitative estimate of drug-likeness (QED) is 0.865. The van der Waals surface area contributed by atoms with Crippen LogP contribution in [0.15, 0.2) is 52.8 Å². The minimum atomic E-state index is 0.613. The van der Waals surface area contributed by atoms with Gasteiger partial charge >= 0.3 is 0 Å². The van der Waals surface area contributed by atoms with Crippen LogP contribution in [-0.4, -0.2) is 31.1 Å². The molecule has 22 heavy (non-hydrogen) atoms. The Morgan fingerprint density at radius 1 is 1.27 bits per heavy atom. The first-order valence-electron chi connectivity index (χ1n) is 7.99. The van der Waals surface area contributed by atoms with Gasteiger partial charge in [-0.2, -0.15) is 0 Å². The fourth-order valence-corrected chi connectivity index (χ4v) is 3.54. The molecule has 1 atom stereocenters. The molecule has 4 heteroatoms. The van der Waals surface area contributed by atoms with Gasteiger partial charge in [0, 0.05) is 12.7 Å². The Labute approximate surface area is 141 Å². The summed E-state index contributed by atoms with van der Waals surface area (Å²) in [7, 11) is 0. The molecule has 3 rings (SSSR count). The molecule has 0 bridgehead atoms. The summed E-state index contributed by atoms with van der Waals surface area (Å²) in [6.45, 7) is 4.94. The molecule has 0 spiro atoms. The van der Waals surface area contributed by atoms with Gasteiger partial charge in [-0.05, 0) is 59.4 Å². The molecule has 2 heterocycles. The summed E-state index contributed by atoms with van der Waals surface area (Å²) < 4.78 is 7.06. The van der Waals surface area contributed by atoms with Crippen LogP contribution < -0.4 is 5.32 Å². The van der Waals surface area contributed by atoms with E-state index in [9.17, 15) is 0 Å². The van der Waals surface area contributed by atoms with Crippen molar-refractivity contribution < 1.29 is 4.74 Å². The van der Waals surface area contributed by atoms with E-state index >= 15 is 0 Å². The van der Waals surface area contributed by atoms with E-state index in [1.807, 2.05) is 18.2 Å². The maximum atomic E-state index is 5.93. The average molecular weight is 363 g/mol. The normalized spacial score (nSPS) is 22.0. The molecule has 2 aliphatic rings. The highest BCUT2D eigenvalue weighted by Gasteiger charge is 2.19. The van der Waals surface area contributed by atoms with Crippen molar-refractivity contribution in [1.29, 1.82) is 0 Å². The number of ether oxygens (including phenoxy) is 1. The molecular weight excluding hydrogens is 340 g/mol. The molecule has 3 nitrogen and oxygen atoms in total. The van der Waals surface area contributed by atoms with Crippen LogP contribution in [0, 0.1) is 5.92 Å². The van der Waals surface area contributed by atoms with Crippen LogP contribution in [0.2, 0.25) is 0 Å². The van der Waals surface area contributed by atoms with E-state index in [1.54, 1.807) is 0 Å². The average Bonchev–Trinajstić information content (AvgIpc) is 2.56. The van der Waals surface area contributed by atoms with Crippen LogP contribution in [0.4, 0.5) is 0 Å². The first kappa shape index (κ1) is 15.6. The Morgan fingerprint density at radius 2 is 2.14 bits per heavy atom. The van der Waals surface area contributed by atoms with Crippen LogP contribution in [-0.2, 0) is 11.3 Å². The van der Waals surface area contributed by atoms with Gasteiger partial charge in [-0.1, -0.05) is 30.3 Å². The predicted molar refractivity (Wildman–Crippen MR) is 93.5 cm³/mol. The first-order valence-corrected chi connectivity index (χ1v) is 8.79. The molecular formula is C18H23BrN2O. The number of hydrogen-bond donors (Lipinski definition) is 1. The zero-order valence-electron chi connectivity index (χ0n) is 12.8. The molecule has 2 aliphatic heterocycles. The van der Waals surface area contributed by atoms with Crippen molar-refractivity contribution in [3.05, 3.63) is 58.4 Å². The predicted octanol–water partition coefficient (Wildman–Crippen LogP) is 3.64. The van der Waals surface area contributed by atoms with Crippen molar-refractivity contribution in [1.82, 2.24) is 10.2 Å². The molecule has 1 unspecified atom stereocenters. The van der Waals surface area contributed by atoms with Gasteiger partial charge in [-0.3, -0.25) is 0 Å². The van der Waals surface area contributed by atoms with E-state index in [2.05, 4.69) is 50.6 Å². The minimum absolute atomic E-state index is 0.613. The highest BCUT2D eigenvalue weighted by atomic mass is 79.9. The first-order chi connectivity index (χ1) is 10.8. The van der Waals surface area contributed by atoms with Crippen molar-refractivity contribution in [3.8, 4) is 0 Å². The number of nitrogens with zero attached hydrogens (tertiary/aromatic N) is 1. The molecule has 0 saturated carbocycles. The molecule has 118 valence electrons. The van der Waals surface area contributed by atoms with E-state index in [0.29, 0.717) is 6.61 Å². The highest BCUT2D eigenvalue weighted by Crippen LogP contribution is 2.24. The standard InChI is InChI=1S/C18H23BrN2O/c19-17-13-21(12-16-7-4-9-20-11-16)10-8-18(17)22-14-15-5-2-1-3-6-15/h1-3,5-6,8,10,16,20H,4,7,9,11-14H2. The Hall–Kier alpha value is -1.26. The smallest absolute Gasteiger partial charge is 0.133 e. The van der Waals surface area contributed by atoms with E-state index in [-0.39, 0.29) is 0 Å². The molecule has 1 saturated heterocycles. The zero-order valence-corrected chi connectivity index (χ0v) is 14.4. The van der Waals surface area contributed by atoms with Crippen LogP contribution >= 0.6 is 15.9 Å². The number of rotatable bonds is 5. The lowest BCUT2D eigenvalue weighted by molar-refractivity contribution is 0.200. The molecule has 0 aliphatic carbocycles. The molecule has 1 fully saturated rings. The second kappa shape index (κ2) is 7.84. The summed E-state index contributed by atoms with van der Waals surface area (Å²) in [5.41, 5.74) is 1.19. The Bertz CT molecular complexity index is 535. The Morgan fingerprint density at radius 3 is 2.86 bits per heavy atom. The summed E-state index contributed by atoms with van der Waals surface area (Å²) in [6.07, 6.45) is 6.87. The van der Waals surface area contributed by atoms with Gasteiger partial charge in [-0.25, -0.2) is 0 Å². The minimum Gasteiger partial charge on any atom is -0.488 e. The second-order valence-corrected chi connectivity index (χ2v) is 6.96. The lowest BCUT2D eigenvalue weighted by atomic mass is 9.99. The third kappa shape index (κ3) is 4.37. The highest BCUT2D eigenvalue weighted by molar-refractivity contribution is 9.11. The van der Waals surface area contributed by atoms with Crippen molar-refractivity contribution in [2.45, 2.75) is 19.4 Å². The lowest BCUT2D eigenvalue weighted by Crippen LogP contribution is -2.37. The molecule has 0 aromatic heterocycles. The van der Waals surface area contributed by atoms with Crippen molar-refractivity contribution >= 4 is 15.9 Å². The summed E-state index contributed by atoms with van der Waals surface area (Å²) in [6, 6.07) is 10.3. The third-order valence-electron chi connectivity index (χ3n) is 4.17. The topological polar surface area (TPSA) is 24.5 Å². The largest absolute Gasteiger partial charge is 0.488 e. The maximum Gasteiger partial charge on any atom is 0.133 e. The monoisotopic (exact) mass is 362 g/mol. The number of benzene rings is 1. The third-order valence-corrected chi connectivity index (χ3v) is 4.82. The molecule has 0 radical (unpaired) electrons.